The number of nitrogens with one attached hydrogen (secondary N) is 3. The van der Waals surface area contributed by atoms with Gasteiger partial charge in [0.1, 0.15) is 11.6 Å². The number of hydrazone groups is 1. The Hall–Kier alpha value is -3.21. The van der Waals surface area contributed by atoms with Gasteiger partial charge in [0.2, 0.25) is 5.71 Å². The van der Waals surface area contributed by atoms with E-state index in [0.717, 1.165) is 5.56 Å². The lowest BCUT2D eigenvalue weighted by Gasteiger charge is -2.08. The molecule has 0 saturated heterocycles. The van der Waals surface area contributed by atoms with Crippen LogP contribution in [0.3, 0.4) is 0 Å². The smallest absolute Gasteiger partial charge is 0.258 e. The minimum atomic E-state index is -0.441. The van der Waals surface area contributed by atoms with Crippen molar-refractivity contribution in [2.75, 3.05) is 5.43 Å². The first-order valence-corrected chi connectivity index (χ1v) is 5.59. The average Bonchev–Trinajstić information content (AvgIpc) is 2.41. The highest BCUT2D eigenvalue weighted by Crippen LogP contribution is 2.22. The number of H-pyrrole nitrogens is 1. The number of anilines is 1. The van der Waals surface area contributed by atoms with Gasteiger partial charge in [-0.3, -0.25) is 15.6 Å². The zero-order chi connectivity index (χ0) is 14.7. The zero-order valence-corrected chi connectivity index (χ0v) is 10.6. The monoisotopic (exact) mass is 269 g/mol. The Labute approximate surface area is 113 Å². The van der Waals surface area contributed by atoms with Gasteiger partial charge in [0.15, 0.2) is 5.84 Å². The molecule has 8 heteroatoms. The van der Waals surface area contributed by atoms with Gasteiger partial charge < -0.3 is 10.7 Å². The maximum absolute atomic E-state index is 11.7. The summed E-state index contributed by atoms with van der Waals surface area (Å²) in [5.74, 6) is -0.441. The Kier molecular flexibility index (Phi) is 3.43. The minimum absolute atomic E-state index is 0.244. The fourth-order valence-electron chi connectivity index (χ4n) is 1.64. The molecule has 5 N–H and O–H groups in total. The van der Waals surface area contributed by atoms with Crippen molar-refractivity contribution in [2.24, 2.45) is 10.8 Å². The van der Waals surface area contributed by atoms with Crippen LogP contribution in [0, 0.1) is 23.7 Å². The summed E-state index contributed by atoms with van der Waals surface area (Å²) in [5.41, 5.74) is 9.05. The van der Waals surface area contributed by atoms with Crippen LogP contribution in [0.15, 0.2) is 28.4 Å². The van der Waals surface area contributed by atoms with Crippen LogP contribution in [0.1, 0.15) is 5.56 Å². The molecule has 2 rings (SSSR count). The summed E-state index contributed by atoms with van der Waals surface area (Å²) >= 11 is 0. The number of hydrogen-bond acceptors (Lipinski definition) is 6. The van der Waals surface area contributed by atoms with E-state index in [0.29, 0.717) is 16.6 Å². The van der Waals surface area contributed by atoms with Crippen molar-refractivity contribution in [1.29, 1.82) is 10.7 Å². The van der Waals surface area contributed by atoms with Crippen molar-refractivity contribution in [1.82, 2.24) is 9.97 Å². The summed E-state index contributed by atoms with van der Waals surface area (Å²) < 4.78 is 0. The lowest BCUT2D eigenvalue weighted by atomic mass is 10.1. The van der Waals surface area contributed by atoms with Crippen LogP contribution in [0.25, 0.3) is 10.9 Å². The van der Waals surface area contributed by atoms with Crippen LogP contribution in [-0.4, -0.2) is 21.5 Å². The molecule has 0 aliphatic carbocycles. The molecular weight excluding hydrogens is 258 g/mol. The minimum Gasteiger partial charge on any atom is -0.382 e. The van der Waals surface area contributed by atoms with E-state index in [-0.39, 0.29) is 11.3 Å². The van der Waals surface area contributed by atoms with E-state index in [1.807, 2.05) is 0 Å². The SMILES string of the molecule is Cc1ccc2c(=O)[nH]cnc2c1N/N=C(\C#N)C(=N)N. The zero-order valence-electron chi connectivity index (χ0n) is 10.6. The van der Waals surface area contributed by atoms with E-state index in [1.54, 1.807) is 25.1 Å². The van der Waals surface area contributed by atoms with Crippen molar-refractivity contribution in [2.45, 2.75) is 6.92 Å². The van der Waals surface area contributed by atoms with Crippen LogP contribution in [-0.2, 0) is 0 Å². The molecule has 100 valence electrons. The third-order valence-electron chi connectivity index (χ3n) is 2.66. The predicted molar refractivity (Wildman–Crippen MR) is 75.7 cm³/mol. The van der Waals surface area contributed by atoms with Crippen LogP contribution in [0.4, 0.5) is 5.69 Å². The second-order valence-corrected chi connectivity index (χ2v) is 3.98. The normalized spacial score (nSPS) is 11.1. The number of benzene rings is 1. The molecule has 0 unspecified atom stereocenters. The van der Waals surface area contributed by atoms with E-state index in [9.17, 15) is 4.79 Å². The molecule has 1 aromatic heterocycles. The summed E-state index contributed by atoms with van der Waals surface area (Å²) in [4.78, 5) is 18.3. The molecule has 0 radical (unpaired) electrons. The molecule has 0 fully saturated rings. The predicted octanol–water partition coefficient (Wildman–Crippen LogP) is 0.459. The highest BCUT2D eigenvalue weighted by Gasteiger charge is 2.09. The number of fused-ring (bicyclic) bond motifs is 1. The quantitative estimate of drug-likeness (QED) is 0.363. The maximum atomic E-state index is 11.7. The lowest BCUT2D eigenvalue weighted by molar-refractivity contribution is 1.16. The fourth-order valence-corrected chi connectivity index (χ4v) is 1.64. The Bertz CT molecular complexity index is 813. The summed E-state index contributed by atoms with van der Waals surface area (Å²) in [6.07, 6.45) is 1.29. The van der Waals surface area contributed by atoms with E-state index in [1.165, 1.54) is 6.33 Å². The number of rotatable bonds is 3. The molecule has 8 nitrogen and oxygen atoms in total. The van der Waals surface area contributed by atoms with Crippen molar-refractivity contribution in [3.05, 3.63) is 34.4 Å². The lowest BCUT2D eigenvalue weighted by Crippen LogP contribution is -2.22. The topological polar surface area (TPSA) is 144 Å². The molecule has 2 aromatic rings. The fraction of sp³-hybridized carbons (Fsp3) is 0.0833. The van der Waals surface area contributed by atoms with E-state index in [4.69, 9.17) is 16.4 Å². The third kappa shape index (κ3) is 2.32. The number of hydrogen-bond donors (Lipinski definition) is 4. The third-order valence-corrected chi connectivity index (χ3v) is 2.66. The number of nitriles is 1. The number of amidine groups is 1. The molecule has 0 spiro atoms. The molecule has 0 saturated carbocycles. The molecule has 0 aliphatic rings. The summed E-state index contributed by atoms with van der Waals surface area (Å²) in [7, 11) is 0. The maximum Gasteiger partial charge on any atom is 0.258 e. The van der Waals surface area contributed by atoms with Crippen molar-refractivity contribution in [3.8, 4) is 6.07 Å². The Morgan fingerprint density at radius 2 is 2.35 bits per heavy atom. The van der Waals surface area contributed by atoms with Gasteiger partial charge in [-0.25, -0.2) is 4.98 Å². The van der Waals surface area contributed by atoms with Crippen molar-refractivity contribution < 1.29 is 0 Å². The Morgan fingerprint density at radius 3 is 3.00 bits per heavy atom. The van der Waals surface area contributed by atoms with E-state index in [2.05, 4.69) is 20.5 Å². The van der Waals surface area contributed by atoms with Crippen LogP contribution >= 0.6 is 0 Å². The van der Waals surface area contributed by atoms with Gasteiger partial charge in [0.05, 0.1) is 17.4 Å². The average molecular weight is 269 g/mol. The molecule has 0 bridgehead atoms. The summed E-state index contributed by atoms with van der Waals surface area (Å²) in [6.45, 7) is 1.81. The van der Waals surface area contributed by atoms with Gasteiger partial charge >= 0.3 is 0 Å². The first-order valence-electron chi connectivity index (χ1n) is 5.59. The van der Waals surface area contributed by atoms with Crippen LogP contribution in [0.5, 0.6) is 0 Å². The number of aromatic amines is 1. The first kappa shape index (κ1) is 13.2. The van der Waals surface area contributed by atoms with Crippen LogP contribution < -0.4 is 16.7 Å². The van der Waals surface area contributed by atoms with Gasteiger partial charge in [-0.15, -0.1) is 0 Å². The van der Waals surface area contributed by atoms with Crippen molar-refractivity contribution in [3.63, 3.8) is 0 Å². The first-order chi connectivity index (χ1) is 9.54. The molecule has 0 atom stereocenters. The number of aryl methyl sites for hydroxylation is 1. The number of nitrogens with zero attached hydrogens (tertiary/aromatic N) is 3. The standard InChI is InChI=1S/C12H11N7O/c1-6-2-3-7-10(16-5-17-12(7)20)9(6)19-18-8(4-13)11(14)15/h2-3,5,19H,1H3,(H3,14,15)(H,16,17,20)/b18-8+. The van der Waals surface area contributed by atoms with Gasteiger partial charge in [-0.1, -0.05) is 6.07 Å². The van der Waals surface area contributed by atoms with Gasteiger partial charge in [0.25, 0.3) is 5.56 Å². The number of aromatic nitrogens is 2. The highest BCUT2D eigenvalue weighted by atomic mass is 16.1. The van der Waals surface area contributed by atoms with E-state index >= 15 is 0 Å². The molecule has 0 aliphatic heterocycles. The number of nitrogens with two attached hydrogens (primary N) is 1. The Morgan fingerprint density at radius 1 is 1.60 bits per heavy atom. The molecule has 0 amide bonds. The largest absolute Gasteiger partial charge is 0.382 e. The molecular formula is C12H11N7O. The highest BCUT2D eigenvalue weighted by molar-refractivity contribution is 6.45. The molecule has 20 heavy (non-hydrogen) atoms. The molecule has 1 aromatic carbocycles. The van der Waals surface area contributed by atoms with Crippen LogP contribution in [0.2, 0.25) is 0 Å². The van der Waals surface area contributed by atoms with E-state index < -0.39 is 5.84 Å². The van der Waals surface area contributed by atoms with Gasteiger partial charge in [-0.2, -0.15) is 10.4 Å². The summed E-state index contributed by atoms with van der Waals surface area (Å²) in [6, 6.07) is 5.09. The Balaban J connectivity index is 2.58. The van der Waals surface area contributed by atoms with Gasteiger partial charge in [0, 0.05) is 0 Å². The second kappa shape index (κ2) is 5.19. The van der Waals surface area contributed by atoms with Crippen molar-refractivity contribution >= 4 is 28.1 Å². The van der Waals surface area contributed by atoms with Gasteiger partial charge in [-0.05, 0) is 18.6 Å². The second-order valence-electron chi connectivity index (χ2n) is 3.98. The molecule has 1 heterocycles. The summed E-state index contributed by atoms with van der Waals surface area (Å²) in [5, 5.41) is 20.1.